The predicted octanol–water partition coefficient (Wildman–Crippen LogP) is 1.72. The number of aliphatic hydroxyl groups is 1. The summed E-state index contributed by atoms with van der Waals surface area (Å²) in [5, 5.41) is 8.33. The van der Waals surface area contributed by atoms with Crippen LogP contribution in [0.1, 0.15) is 80.1 Å². The first kappa shape index (κ1) is 26.2. The summed E-state index contributed by atoms with van der Waals surface area (Å²) in [6, 6.07) is 0. The van der Waals surface area contributed by atoms with Gasteiger partial charge in [-0.25, -0.2) is 0 Å². The Bertz CT molecular complexity index is 203. The summed E-state index contributed by atoms with van der Waals surface area (Å²) in [5.74, 6) is 0. The van der Waals surface area contributed by atoms with Gasteiger partial charge in [0.15, 0.2) is 0 Å². The molecule has 1 rings (SSSR count). The van der Waals surface area contributed by atoms with Gasteiger partial charge in [-0.15, -0.1) is 5.41 Å². The fourth-order valence-corrected chi connectivity index (χ4v) is 1.29. The van der Waals surface area contributed by atoms with Crippen molar-refractivity contribution in [1.29, 1.82) is 0 Å². The maximum atomic E-state index is 9.77. The molecule has 1 aliphatic carbocycles. The van der Waals surface area contributed by atoms with Gasteiger partial charge >= 0.3 is 51.4 Å². The molecule has 0 aliphatic heterocycles. The average molecular weight is 310 g/mol. The molecule has 0 aromatic rings. The SMILES string of the molecule is CC(C)([C-]=O)CO.CC1(C)CC[CH-]CC1.CCCC.[K+]. The van der Waals surface area contributed by atoms with E-state index in [2.05, 4.69) is 34.1 Å². The summed E-state index contributed by atoms with van der Waals surface area (Å²) in [6.07, 6.45) is 12.2. The quantitative estimate of drug-likeness (QED) is 0.637. The van der Waals surface area contributed by atoms with Gasteiger partial charge in [-0.3, -0.25) is 6.29 Å². The number of rotatable bonds is 3. The largest absolute Gasteiger partial charge is 1.00 e. The molecular formula is C17H34KO2-. The Balaban J connectivity index is -0.000000224. The van der Waals surface area contributed by atoms with Crippen LogP contribution in [0.5, 0.6) is 0 Å². The summed E-state index contributed by atoms with van der Waals surface area (Å²) >= 11 is 0. The zero-order valence-electron chi connectivity index (χ0n) is 14.9. The van der Waals surface area contributed by atoms with Crippen LogP contribution in [0.2, 0.25) is 0 Å². The summed E-state index contributed by atoms with van der Waals surface area (Å²) in [6.45, 7) is 12.2. The van der Waals surface area contributed by atoms with Gasteiger partial charge in [-0.1, -0.05) is 67.2 Å². The normalized spacial score (nSPS) is 16.6. The molecule has 0 bridgehead atoms. The maximum Gasteiger partial charge on any atom is 1.00 e. The van der Waals surface area contributed by atoms with Crippen LogP contribution in [-0.2, 0) is 4.79 Å². The van der Waals surface area contributed by atoms with Crippen LogP contribution < -0.4 is 51.4 Å². The Morgan fingerprint density at radius 1 is 1.15 bits per heavy atom. The molecule has 0 aromatic heterocycles. The van der Waals surface area contributed by atoms with Crippen LogP contribution in [0, 0.1) is 17.3 Å². The van der Waals surface area contributed by atoms with Crippen molar-refractivity contribution >= 4 is 6.29 Å². The molecule has 116 valence electrons. The van der Waals surface area contributed by atoms with E-state index in [1.807, 2.05) is 0 Å². The molecule has 1 fully saturated rings. The first-order valence-electron chi connectivity index (χ1n) is 7.56. The van der Waals surface area contributed by atoms with E-state index in [9.17, 15) is 4.79 Å². The van der Waals surface area contributed by atoms with E-state index in [-0.39, 0.29) is 58.0 Å². The van der Waals surface area contributed by atoms with Crippen molar-refractivity contribution in [3.63, 3.8) is 0 Å². The third-order valence-corrected chi connectivity index (χ3v) is 3.22. The van der Waals surface area contributed by atoms with Gasteiger partial charge in [0, 0.05) is 6.61 Å². The molecular weight excluding hydrogens is 275 g/mol. The van der Waals surface area contributed by atoms with Crippen molar-refractivity contribution in [2.45, 2.75) is 80.1 Å². The molecule has 0 amide bonds. The first-order valence-corrected chi connectivity index (χ1v) is 7.56. The van der Waals surface area contributed by atoms with Crippen LogP contribution in [0.25, 0.3) is 0 Å². The van der Waals surface area contributed by atoms with Gasteiger partial charge in [-0.2, -0.15) is 12.8 Å². The topological polar surface area (TPSA) is 37.3 Å². The standard InChI is InChI=1S/C8H15.C5H9O2.C4H10.K/c1-8(2)6-4-3-5-7-8;1-5(2,3-6)4-7;1-3-4-2;/h3H,4-7H2,1-2H3;6H,3H2,1-2H3;3-4H2,1-2H3;/q2*-1;;+1. The van der Waals surface area contributed by atoms with E-state index in [0.29, 0.717) is 5.41 Å². The molecule has 2 nitrogen and oxygen atoms in total. The van der Waals surface area contributed by atoms with Crippen LogP contribution in [0.3, 0.4) is 0 Å². The number of hydrogen-bond acceptors (Lipinski definition) is 2. The van der Waals surface area contributed by atoms with Gasteiger partial charge < -0.3 is 16.3 Å². The number of unbranched alkanes of at least 4 members (excludes halogenated alkanes) is 1. The third-order valence-electron chi connectivity index (χ3n) is 3.22. The van der Waals surface area contributed by atoms with Crippen LogP contribution in [0.15, 0.2) is 0 Å². The van der Waals surface area contributed by atoms with Crippen LogP contribution in [-0.4, -0.2) is 18.0 Å². The molecule has 0 saturated heterocycles. The van der Waals surface area contributed by atoms with E-state index >= 15 is 0 Å². The zero-order chi connectivity index (χ0) is 15.4. The Labute approximate surface area is 169 Å². The summed E-state index contributed by atoms with van der Waals surface area (Å²) in [7, 11) is 0. The fraction of sp³-hybridized carbons (Fsp3) is 0.882. The Morgan fingerprint density at radius 3 is 1.65 bits per heavy atom. The maximum absolute atomic E-state index is 9.77. The molecule has 1 saturated carbocycles. The second kappa shape index (κ2) is 15.2. The van der Waals surface area contributed by atoms with Crippen molar-refractivity contribution in [2.24, 2.45) is 10.8 Å². The molecule has 0 atom stereocenters. The molecule has 3 heteroatoms. The minimum atomic E-state index is -0.667. The van der Waals surface area contributed by atoms with Crippen molar-refractivity contribution < 1.29 is 61.3 Å². The monoisotopic (exact) mass is 309 g/mol. The molecule has 0 radical (unpaired) electrons. The van der Waals surface area contributed by atoms with Gasteiger partial charge in [0.05, 0.1) is 0 Å². The minimum absolute atomic E-state index is 0. The van der Waals surface area contributed by atoms with E-state index < -0.39 is 5.41 Å². The van der Waals surface area contributed by atoms with Crippen LogP contribution in [0.4, 0.5) is 0 Å². The molecule has 0 spiro atoms. The first-order chi connectivity index (χ1) is 8.74. The average Bonchev–Trinajstić information content (AvgIpc) is 2.39. The minimum Gasteiger partial charge on any atom is -0.541 e. The van der Waals surface area contributed by atoms with Crippen molar-refractivity contribution in [1.82, 2.24) is 0 Å². The molecule has 0 heterocycles. The van der Waals surface area contributed by atoms with E-state index in [0.717, 1.165) is 0 Å². The Morgan fingerprint density at radius 2 is 1.55 bits per heavy atom. The Hall–Kier alpha value is 1.27. The Kier molecular flexibility index (Phi) is 19.9. The van der Waals surface area contributed by atoms with E-state index in [1.54, 1.807) is 20.1 Å². The molecule has 1 N–H and O–H groups in total. The molecule has 20 heavy (non-hydrogen) atoms. The van der Waals surface area contributed by atoms with Gasteiger partial charge in [0.1, 0.15) is 0 Å². The number of hydrogen-bond donors (Lipinski definition) is 1. The van der Waals surface area contributed by atoms with Crippen molar-refractivity contribution in [3.05, 3.63) is 6.42 Å². The zero-order valence-corrected chi connectivity index (χ0v) is 18.0. The van der Waals surface area contributed by atoms with E-state index in [1.165, 1.54) is 38.5 Å². The smallest absolute Gasteiger partial charge is 0.541 e. The second-order valence-corrected chi connectivity index (χ2v) is 6.67. The summed E-state index contributed by atoms with van der Waals surface area (Å²) < 4.78 is 0. The van der Waals surface area contributed by atoms with E-state index in [4.69, 9.17) is 5.11 Å². The van der Waals surface area contributed by atoms with Gasteiger partial charge in [0.2, 0.25) is 0 Å². The van der Waals surface area contributed by atoms with Gasteiger partial charge in [0.25, 0.3) is 0 Å². The summed E-state index contributed by atoms with van der Waals surface area (Å²) in [4.78, 5) is 9.77. The molecule has 0 aromatic carbocycles. The van der Waals surface area contributed by atoms with Gasteiger partial charge in [-0.05, 0) is 5.41 Å². The summed E-state index contributed by atoms with van der Waals surface area (Å²) in [5.41, 5.74) is -0.0191. The number of aliphatic hydroxyl groups excluding tert-OH is 1. The van der Waals surface area contributed by atoms with Crippen LogP contribution >= 0.6 is 0 Å². The number of carbonyl (C=O) groups excluding carboxylic acids is 1. The third kappa shape index (κ3) is 19.3. The van der Waals surface area contributed by atoms with Crippen molar-refractivity contribution in [2.75, 3.05) is 6.61 Å². The molecule has 0 unspecified atom stereocenters. The second-order valence-electron chi connectivity index (χ2n) is 6.67. The predicted molar refractivity (Wildman–Crippen MR) is 83.7 cm³/mol. The fourth-order valence-electron chi connectivity index (χ4n) is 1.29. The molecule has 1 aliphatic rings. The van der Waals surface area contributed by atoms with Crippen molar-refractivity contribution in [3.8, 4) is 0 Å².